The number of halogens is 1. The van der Waals surface area contributed by atoms with Gasteiger partial charge in [-0.2, -0.15) is 0 Å². The summed E-state index contributed by atoms with van der Waals surface area (Å²) in [5, 5.41) is 17.6. The molecular formula is C28H32ClN5O5. The molecule has 0 spiro atoms. The van der Waals surface area contributed by atoms with Crippen molar-refractivity contribution in [3.8, 4) is 17.2 Å². The summed E-state index contributed by atoms with van der Waals surface area (Å²) < 4.78 is 16.9. The van der Waals surface area contributed by atoms with Gasteiger partial charge in [-0.1, -0.05) is 29.8 Å². The van der Waals surface area contributed by atoms with Crippen LogP contribution in [0.4, 0.5) is 5.69 Å². The van der Waals surface area contributed by atoms with Crippen LogP contribution in [0.25, 0.3) is 11.5 Å². The van der Waals surface area contributed by atoms with Crippen LogP contribution in [0.5, 0.6) is 5.75 Å². The standard InChI is InChI=1S/C28H32ClN5O5/c1-4-38-23-13-12-19(29)15-21(23)28-34-33-27(39-28)18-11-10-17(14-18)25(35)32-24(22(30-2)16-37-3)26(36)31-20-8-6-5-7-9-20/h5-9,12-13,15,17-18,30H,4,10-11,14,16H2,1-3H3,(H,31,36)(H,32,35)/b24-22+/t17-,18+/m1/s1. The van der Waals surface area contributed by atoms with E-state index in [1.54, 1.807) is 37.4 Å². The summed E-state index contributed by atoms with van der Waals surface area (Å²) in [6, 6.07) is 14.3. The Hall–Kier alpha value is -3.89. The number of methoxy groups -OCH3 is 1. The quantitative estimate of drug-likeness (QED) is 0.296. The molecule has 39 heavy (non-hydrogen) atoms. The van der Waals surface area contributed by atoms with Crippen molar-refractivity contribution in [3.63, 3.8) is 0 Å². The molecular weight excluding hydrogens is 522 g/mol. The minimum absolute atomic E-state index is 0.0925. The van der Waals surface area contributed by atoms with Crippen molar-refractivity contribution in [2.45, 2.75) is 32.1 Å². The summed E-state index contributed by atoms with van der Waals surface area (Å²) in [4.78, 5) is 26.4. The van der Waals surface area contributed by atoms with E-state index in [-0.39, 0.29) is 30.0 Å². The maximum atomic E-state index is 13.3. The second kappa shape index (κ2) is 13.3. The Balaban J connectivity index is 1.47. The second-order valence-electron chi connectivity index (χ2n) is 9.07. The number of nitrogens with one attached hydrogen (secondary N) is 3. The molecule has 206 valence electrons. The molecule has 1 saturated carbocycles. The van der Waals surface area contributed by atoms with Crippen molar-refractivity contribution in [2.75, 3.05) is 32.7 Å². The predicted octanol–water partition coefficient (Wildman–Crippen LogP) is 4.50. The van der Waals surface area contributed by atoms with E-state index in [1.165, 1.54) is 7.11 Å². The summed E-state index contributed by atoms with van der Waals surface area (Å²) in [6.07, 6.45) is 1.82. The normalized spacial score (nSPS) is 17.3. The number of carbonyl (C=O) groups is 2. The zero-order chi connectivity index (χ0) is 27.8. The molecule has 0 saturated heterocycles. The highest BCUT2D eigenvalue weighted by Crippen LogP contribution is 2.40. The Kier molecular flexibility index (Phi) is 9.56. The number of anilines is 1. The average molecular weight is 554 g/mol. The lowest BCUT2D eigenvalue weighted by molar-refractivity contribution is -0.125. The minimum Gasteiger partial charge on any atom is -0.493 e. The molecule has 1 heterocycles. The Bertz CT molecular complexity index is 1330. The molecule has 4 rings (SSSR count). The molecule has 1 fully saturated rings. The van der Waals surface area contributed by atoms with Gasteiger partial charge in [0.05, 0.1) is 24.5 Å². The topological polar surface area (TPSA) is 128 Å². The molecule has 3 aromatic rings. The number of carbonyl (C=O) groups excluding carboxylic acids is 2. The highest BCUT2D eigenvalue weighted by Gasteiger charge is 2.35. The molecule has 2 amide bonds. The number of ether oxygens (including phenoxy) is 2. The first-order valence-electron chi connectivity index (χ1n) is 12.8. The molecule has 1 aliphatic rings. The first kappa shape index (κ1) is 28.1. The number of rotatable bonds is 11. The van der Waals surface area contributed by atoms with Crippen LogP contribution < -0.4 is 20.7 Å². The van der Waals surface area contributed by atoms with Crippen LogP contribution in [0, 0.1) is 5.92 Å². The summed E-state index contributed by atoms with van der Waals surface area (Å²) in [5.74, 6) is 0.234. The highest BCUT2D eigenvalue weighted by molar-refractivity contribution is 6.30. The third-order valence-electron chi connectivity index (χ3n) is 6.46. The van der Waals surface area contributed by atoms with E-state index in [4.69, 9.17) is 25.5 Å². The maximum absolute atomic E-state index is 13.3. The predicted molar refractivity (Wildman–Crippen MR) is 147 cm³/mol. The number of para-hydroxylation sites is 1. The van der Waals surface area contributed by atoms with Crippen molar-refractivity contribution < 1.29 is 23.5 Å². The third kappa shape index (κ3) is 6.96. The first-order valence-corrected chi connectivity index (χ1v) is 13.1. The van der Waals surface area contributed by atoms with Gasteiger partial charge in [0, 0.05) is 36.7 Å². The van der Waals surface area contributed by atoms with Gasteiger partial charge in [-0.3, -0.25) is 9.59 Å². The Morgan fingerprint density at radius 1 is 1.13 bits per heavy atom. The van der Waals surface area contributed by atoms with Crippen LogP contribution >= 0.6 is 11.6 Å². The summed E-state index contributed by atoms with van der Waals surface area (Å²) in [5.41, 5.74) is 1.80. The van der Waals surface area contributed by atoms with Crippen LogP contribution in [-0.4, -0.2) is 49.4 Å². The summed E-state index contributed by atoms with van der Waals surface area (Å²) >= 11 is 6.18. The van der Waals surface area contributed by atoms with Gasteiger partial charge in [-0.15, -0.1) is 10.2 Å². The number of nitrogens with zero attached hydrogens (tertiary/aromatic N) is 2. The largest absolute Gasteiger partial charge is 0.493 e. The Morgan fingerprint density at radius 3 is 2.64 bits per heavy atom. The van der Waals surface area contributed by atoms with E-state index in [1.807, 2.05) is 25.1 Å². The van der Waals surface area contributed by atoms with E-state index in [0.717, 1.165) is 0 Å². The zero-order valence-electron chi connectivity index (χ0n) is 22.1. The molecule has 2 atom stereocenters. The van der Waals surface area contributed by atoms with Gasteiger partial charge in [0.15, 0.2) is 0 Å². The van der Waals surface area contributed by atoms with Crippen molar-refractivity contribution in [1.82, 2.24) is 20.8 Å². The molecule has 1 aliphatic carbocycles. The fourth-order valence-electron chi connectivity index (χ4n) is 4.53. The minimum atomic E-state index is -0.446. The van der Waals surface area contributed by atoms with Crippen molar-refractivity contribution in [2.24, 2.45) is 5.92 Å². The molecule has 11 heteroatoms. The molecule has 0 radical (unpaired) electrons. The molecule has 10 nitrogen and oxygen atoms in total. The second-order valence-corrected chi connectivity index (χ2v) is 9.51. The molecule has 1 aromatic heterocycles. The Labute approximate surface area is 232 Å². The number of aromatic nitrogens is 2. The van der Waals surface area contributed by atoms with E-state index in [0.29, 0.717) is 65.4 Å². The third-order valence-corrected chi connectivity index (χ3v) is 6.70. The molecule has 3 N–H and O–H groups in total. The molecule has 0 aliphatic heterocycles. The van der Waals surface area contributed by atoms with Crippen molar-refractivity contribution >= 4 is 29.1 Å². The molecule has 2 aromatic carbocycles. The number of hydrogen-bond acceptors (Lipinski definition) is 8. The highest BCUT2D eigenvalue weighted by atomic mass is 35.5. The van der Waals surface area contributed by atoms with Gasteiger partial charge < -0.3 is 29.8 Å². The maximum Gasteiger partial charge on any atom is 0.274 e. The van der Waals surface area contributed by atoms with E-state index in [2.05, 4.69) is 26.1 Å². The molecule has 0 bridgehead atoms. The number of likely N-dealkylation sites (N-methyl/N-ethyl adjacent to an activating group) is 1. The van der Waals surface area contributed by atoms with Gasteiger partial charge in [0.1, 0.15) is 11.4 Å². The van der Waals surface area contributed by atoms with E-state index in [9.17, 15) is 9.59 Å². The van der Waals surface area contributed by atoms with Crippen LogP contribution in [0.2, 0.25) is 5.02 Å². The zero-order valence-corrected chi connectivity index (χ0v) is 22.9. The number of hydrogen-bond donors (Lipinski definition) is 3. The van der Waals surface area contributed by atoms with Gasteiger partial charge in [-0.25, -0.2) is 0 Å². The lowest BCUT2D eigenvalue weighted by Crippen LogP contribution is -2.37. The van der Waals surface area contributed by atoms with Gasteiger partial charge in [-0.05, 0) is 56.5 Å². The average Bonchev–Trinajstić information content (AvgIpc) is 3.62. The van der Waals surface area contributed by atoms with Crippen LogP contribution in [0.15, 0.2) is 64.3 Å². The fraction of sp³-hybridized carbons (Fsp3) is 0.357. The fourth-order valence-corrected chi connectivity index (χ4v) is 4.70. The summed E-state index contributed by atoms with van der Waals surface area (Å²) in [7, 11) is 3.19. The summed E-state index contributed by atoms with van der Waals surface area (Å²) in [6.45, 7) is 2.50. The first-order chi connectivity index (χ1) is 18.9. The van der Waals surface area contributed by atoms with Crippen molar-refractivity contribution in [1.29, 1.82) is 0 Å². The number of benzene rings is 2. The van der Waals surface area contributed by atoms with Crippen LogP contribution in [0.1, 0.15) is 38.0 Å². The van der Waals surface area contributed by atoms with E-state index >= 15 is 0 Å². The van der Waals surface area contributed by atoms with Crippen LogP contribution in [0.3, 0.4) is 0 Å². The van der Waals surface area contributed by atoms with Gasteiger partial charge in [0.2, 0.25) is 11.8 Å². The molecule has 0 unspecified atom stereocenters. The lowest BCUT2D eigenvalue weighted by Gasteiger charge is -2.18. The van der Waals surface area contributed by atoms with Gasteiger partial charge >= 0.3 is 0 Å². The van der Waals surface area contributed by atoms with Gasteiger partial charge in [0.25, 0.3) is 11.8 Å². The number of amides is 2. The monoisotopic (exact) mass is 553 g/mol. The Morgan fingerprint density at radius 2 is 1.92 bits per heavy atom. The van der Waals surface area contributed by atoms with E-state index < -0.39 is 5.91 Å². The van der Waals surface area contributed by atoms with Crippen molar-refractivity contribution in [3.05, 3.63) is 70.8 Å². The SMILES string of the molecule is CCOc1ccc(Cl)cc1-c1nnc([C@H]2CC[C@@H](C(=O)N/C(C(=O)Nc3ccccc3)=C(\COC)NC)C2)o1. The van der Waals surface area contributed by atoms with Crippen LogP contribution in [-0.2, 0) is 14.3 Å². The lowest BCUT2D eigenvalue weighted by atomic mass is 10.0. The smallest absolute Gasteiger partial charge is 0.274 e.